The Balaban J connectivity index is 3.14. The summed E-state index contributed by atoms with van der Waals surface area (Å²) >= 11 is 0. The van der Waals surface area contributed by atoms with Crippen molar-refractivity contribution in [2.45, 2.75) is 13.6 Å². The SMILES string of the molecule is CN=[B-](C)C. The Morgan fingerprint density at radius 3 is 1.60 bits per heavy atom. The molecule has 0 radical (unpaired) electrons. The first-order valence-corrected chi connectivity index (χ1v) is 1.86. The molecule has 0 aromatic rings. The van der Waals surface area contributed by atoms with Crippen LogP contribution in [0.4, 0.5) is 0 Å². The molecule has 0 aliphatic heterocycles. The Kier molecular flexibility index (Phi) is 2.07. The summed E-state index contributed by atoms with van der Waals surface area (Å²) in [5, 5.41) is 0. The van der Waals surface area contributed by atoms with Crippen molar-refractivity contribution >= 4 is 6.51 Å². The van der Waals surface area contributed by atoms with Crippen molar-refractivity contribution in [1.82, 2.24) is 0 Å². The van der Waals surface area contributed by atoms with Gasteiger partial charge in [0.25, 0.3) is 0 Å². The van der Waals surface area contributed by atoms with Crippen LogP contribution < -0.4 is 0 Å². The van der Waals surface area contributed by atoms with Crippen molar-refractivity contribution in [2.75, 3.05) is 7.05 Å². The Morgan fingerprint density at radius 2 is 1.60 bits per heavy atom. The van der Waals surface area contributed by atoms with Crippen molar-refractivity contribution in [3.05, 3.63) is 0 Å². The van der Waals surface area contributed by atoms with E-state index in [1.807, 2.05) is 7.05 Å². The number of hydrogen-bond donors (Lipinski definition) is 0. The first-order chi connectivity index (χ1) is 2.27. The van der Waals surface area contributed by atoms with E-state index < -0.39 is 0 Å². The van der Waals surface area contributed by atoms with Crippen molar-refractivity contribution in [1.29, 1.82) is 0 Å². The second-order valence-corrected chi connectivity index (χ2v) is 1.35. The van der Waals surface area contributed by atoms with E-state index in [-0.39, 0.29) is 0 Å². The third-order valence-electron chi connectivity index (χ3n) is 0.516. The fourth-order valence-electron chi connectivity index (χ4n) is 0. The van der Waals surface area contributed by atoms with Gasteiger partial charge in [-0.25, -0.2) is 0 Å². The monoisotopic (exact) mass is 70.1 g/mol. The summed E-state index contributed by atoms with van der Waals surface area (Å²) in [4.78, 5) is 3.89. The van der Waals surface area contributed by atoms with E-state index in [4.69, 9.17) is 0 Å². The first-order valence-electron chi connectivity index (χ1n) is 1.86. The molecular weight excluding hydrogens is 60.9 g/mol. The summed E-state index contributed by atoms with van der Waals surface area (Å²) in [6, 6.07) is 0. The lowest BCUT2D eigenvalue weighted by molar-refractivity contribution is 1.46. The standard InChI is InChI=1S/C3H9BN/c1-4(2)5-3/h1-3H3/q-1. The highest BCUT2D eigenvalue weighted by molar-refractivity contribution is 6.42. The van der Waals surface area contributed by atoms with Crippen LogP contribution in [0.5, 0.6) is 0 Å². The highest BCUT2D eigenvalue weighted by Crippen LogP contribution is 1.62. The Labute approximate surface area is 33.2 Å². The summed E-state index contributed by atoms with van der Waals surface area (Å²) in [7, 11) is 1.82. The molecule has 2 heteroatoms. The number of rotatable bonds is 0. The van der Waals surface area contributed by atoms with E-state index in [1.54, 1.807) is 0 Å². The molecule has 1 nitrogen and oxygen atoms in total. The zero-order valence-electron chi connectivity index (χ0n) is 4.02. The molecule has 0 atom stereocenters. The fourth-order valence-corrected chi connectivity index (χ4v) is 0. The van der Waals surface area contributed by atoms with Gasteiger partial charge in [0.1, 0.15) is 0 Å². The smallest absolute Gasteiger partial charge is 0.0248 e. The van der Waals surface area contributed by atoms with Crippen molar-refractivity contribution < 1.29 is 0 Å². The average Bonchev–Trinajstić information content (AvgIpc) is 1.38. The van der Waals surface area contributed by atoms with Gasteiger partial charge in [-0.05, 0) is 7.05 Å². The summed E-state index contributed by atoms with van der Waals surface area (Å²) in [6.07, 6.45) is 0. The maximum absolute atomic E-state index is 3.89. The summed E-state index contributed by atoms with van der Waals surface area (Å²) in [6.45, 7) is 4.62. The molecule has 0 amide bonds. The molecule has 0 unspecified atom stereocenters. The van der Waals surface area contributed by atoms with Gasteiger partial charge < -0.3 is 4.90 Å². The van der Waals surface area contributed by atoms with Gasteiger partial charge in [0, 0.05) is 0 Å². The summed E-state index contributed by atoms with van der Waals surface area (Å²) in [5.74, 6) is 0. The minimum Gasteiger partial charge on any atom is -0.557 e. The van der Waals surface area contributed by atoms with Crippen LogP contribution in [0.3, 0.4) is 0 Å². The topological polar surface area (TPSA) is 12.4 Å². The quantitative estimate of drug-likeness (QED) is 0.379. The van der Waals surface area contributed by atoms with E-state index in [2.05, 4.69) is 18.5 Å². The second kappa shape index (κ2) is 2.12. The zero-order chi connectivity index (χ0) is 4.28. The highest BCUT2D eigenvalue weighted by Gasteiger charge is 1.49. The molecule has 5 heavy (non-hydrogen) atoms. The van der Waals surface area contributed by atoms with Crippen LogP contribution >= 0.6 is 0 Å². The molecule has 0 bridgehead atoms. The molecule has 30 valence electrons. The lowest BCUT2D eigenvalue weighted by atomic mass is 9.78. The normalized spacial score (nSPS) is 7.00. The summed E-state index contributed by atoms with van der Waals surface area (Å²) in [5.41, 5.74) is 0. The van der Waals surface area contributed by atoms with Crippen LogP contribution in [0.15, 0.2) is 4.90 Å². The highest BCUT2D eigenvalue weighted by atomic mass is 14.6. The minimum atomic E-state index is 0.509. The fraction of sp³-hybridized carbons (Fsp3) is 1.00. The Morgan fingerprint density at radius 1 is 1.40 bits per heavy atom. The van der Waals surface area contributed by atoms with Crippen LogP contribution in [0.25, 0.3) is 0 Å². The number of nitrogens with zero attached hydrogens (tertiary/aromatic N) is 1. The number of hydrogen-bond acceptors (Lipinski definition) is 1. The van der Waals surface area contributed by atoms with E-state index in [1.165, 1.54) is 0 Å². The van der Waals surface area contributed by atoms with E-state index in [0.717, 1.165) is 0 Å². The van der Waals surface area contributed by atoms with Gasteiger partial charge in [0.05, 0.1) is 0 Å². The van der Waals surface area contributed by atoms with E-state index >= 15 is 0 Å². The molecule has 0 aliphatic rings. The summed E-state index contributed by atoms with van der Waals surface area (Å²) < 4.78 is 0. The lowest BCUT2D eigenvalue weighted by Crippen LogP contribution is -1.77. The molecule has 0 N–H and O–H groups in total. The molecule has 0 heterocycles. The lowest BCUT2D eigenvalue weighted by Gasteiger charge is -1.88. The molecule has 0 rings (SSSR count). The molecular formula is C3H9BN-. The van der Waals surface area contributed by atoms with E-state index in [9.17, 15) is 0 Å². The average molecular weight is 69.9 g/mol. The van der Waals surface area contributed by atoms with Crippen LogP contribution in [0.1, 0.15) is 0 Å². The molecule has 0 spiro atoms. The maximum Gasteiger partial charge on any atom is -0.0248 e. The van der Waals surface area contributed by atoms with Gasteiger partial charge in [0.15, 0.2) is 0 Å². The third kappa shape index (κ3) is 3.86. The largest absolute Gasteiger partial charge is 0.557 e. The van der Waals surface area contributed by atoms with Gasteiger partial charge in [-0.15, -0.1) is 0 Å². The van der Waals surface area contributed by atoms with Crippen LogP contribution in [-0.2, 0) is 0 Å². The van der Waals surface area contributed by atoms with Gasteiger partial charge in [-0.2, -0.15) is 13.6 Å². The molecule has 0 aliphatic carbocycles. The van der Waals surface area contributed by atoms with Crippen molar-refractivity contribution in [3.63, 3.8) is 0 Å². The molecule has 0 fully saturated rings. The predicted octanol–water partition coefficient (Wildman–Crippen LogP) is 1.14. The Bertz CT molecular complexity index is 44.9. The van der Waals surface area contributed by atoms with Crippen LogP contribution in [0.2, 0.25) is 13.6 Å². The molecule has 0 aromatic heterocycles. The van der Waals surface area contributed by atoms with Crippen molar-refractivity contribution in [3.8, 4) is 0 Å². The first kappa shape index (κ1) is 4.86. The van der Waals surface area contributed by atoms with Crippen LogP contribution in [-0.4, -0.2) is 13.6 Å². The Hall–Kier alpha value is -0.135. The van der Waals surface area contributed by atoms with Gasteiger partial charge in [-0.1, -0.05) is 6.51 Å². The zero-order valence-corrected chi connectivity index (χ0v) is 4.02. The van der Waals surface area contributed by atoms with Crippen LogP contribution in [0, 0.1) is 0 Å². The van der Waals surface area contributed by atoms with Gasteiger partial charge >= 0.3 is 0 Å². The van der Waals surface area contributed by atoms with E-state index in [0.29, 0.717) is 6.51 Å². The molecule has 0 saturated heterocycles. The third-order valence-corrected chi connectivity index (χ3v) is 0.516. The molecule has 0 aromatic carbocycles. The van der Waals surface area contributed by atoms with Crippen molar-refractivity contribution in [2.24, 2.45) is 4.90 Å². The van der Waals surface area contributed by atoms with Gasteiger partial charge in [0.2, 0.25) is 0 Å². The second-order valence-electron chi connectivity index (χ2n) is 1.35. The molecule has 0 saturated carbocycles. The van der Waals surface area contributed by atoms with Gasteiger partial charge in [-0.3, -0.25) is 0 Å². The minimum absolute atomic E-state index is 0.509. The maximum atomic E-state index is 3.89. The predicted molar refractivity (Wildman–Crippen MR) is 25.8 cm³/mol.